The lowest BCUT2D eigenvalue weighted by Gasteiger charge is -2.27. The van der Waals surface area contributed by atoms with Crippen molar-refractivity contribution in [3.05, 3.63) is 34.9 Å². The quantitative estimate of drug-likeness (QED) is 0.581. The Hall–Kier alpha value is -2.62. The van der Waals surface area contributed by atoms with Crippen LogP contribution in [0.15, 0.2) is 18.2 Å². The molecule has 4 aliphatic heterocycles. The Labute approximate surface area is 173 Å². The summed E-state index contributed by atoms with van der Waals surface area (Å²) >= 11 is 0. The number of carbonyl (C=O) groups excluding carboxylic acids is 4. The number of rotatable bonds is 4. The zero-order valence-electron chi connectivity index (χ0n) is 16.5. The van der Waals surface area contributed by atoms with E-state index < -0.39 is 23.8 Å². The molecule has 0 aromatic heterocycles. The van der Waals surface area contributed by atoms with E-state index in [1.165, 1.54) is 0 Å². The van der Waals surface area contributed by atoms with Crippen LogP contribution in [0.2, 0.25) is 0 Å². The zero-order chi connectivity index (χ0) is 20.9. The van der Waals surface area contributed by atoms with Crippen molar-refractivity contribution in [2.45, 2.75) is 49.9 Å². The number of benzene rings is 1. The van der Waals surface area contributed by atoms with Crippen molar-refractivity contribution < 1.29 is 23.9 Å². The largest absolute Gasteiger partial charge is 0.372 e. The Morgan fingerprint density at radius 2 is 2.00 bits per heavy atom. The van der Waals surface area contributed by atoms with E-state index in [2.05, 4.69) is 16.0 Å². The summed E-state index contributed by atoms with van der Waals surface area (Å²) in [5, 5.41) is 9.05. The molecular formula is C21H24N4O5. The van der Waals surface area contributed by atoms with E-state index in [4.69, 9.17) is 4.74 Å². The van der Waals surface area contributed by atoms with Crippen molar-refractivity contribution in [3.8, 4) is 0 Å². The summed E-state index contributed by atoms with van der Waals surface area (Å²) in [7, 11) is 0. The van der Waals surface area contributed by atoms with Gasteiger partial charge in [0.25, 0.3) is 11.8 Å². The molecule has 3 fully saturated rings. The van der Waals surface area contributed by atoms with E-state index in [0.29, 0.717) is 24.3 Å². The second-order valence-electron chi connectivity index (χ2n) is 8.53. The van der Waals surface area contributed by atoms with Crippen molar-refractivity contribution in [3.63, 3.8) is 0 Å². The number of fused-ring (bicyclic) bond motifs is 1. The van der Waals surface area contributed by atoms with Gasteiger partial charge >= 0.3 is 0 Å². The van der Waals surface area contributed by atoms with E-state index >= 15 is 0 Å². The highest BCUT2D eigenvalue weighted by atomic mass is 16.5. The molecule has 0 bridgehead atoms. The maximum atomic E-state index is 12.9. The first-order valence-corrected chi connectivity index (χ1v) is 10.4. The molecule has 3 atom stereocenters. The molecule has 158 valence electrons. The van der Waals surface area contributed by atoms with Gasteiger partial charge in [-0.1, -0.05) is 6.07 Å². The molecule has 4 aliphatic rings. The topological polar surface area (TPSA) is 117 Å². The molecule has 9 nitrogen and oxygen atoms in total. The van der Waals surface area contributed by atoms with Crippen LogP contribution in [-0.2, 0) is 20.9 Å². The number of hydrogen-bond donors (Lipinski definition) is 3. The maximum Gasteiger partial charge on any atom is 0.262 e. The van der Waals surface area contributed by atoms with Gasteiger partial charge in [0.15, 0.2) is 0 Å². The summed E-state index contributed by atoms with van der Waals surface area (Å²) in [4.78, 5) is 50.2. The highest BCUT2D eigenvalue weighted by Crippen LogP contribution is 2.32. The third-order valence-electron chi connectivity index (χ3n) is 6.51. The first kappa shape index (κ1) is 19.3. The Balaban J connectivity index is 1.27. The minimum atomic E-state index is -0.941. The molecule has 0 aliphatic carbocycles. The van der Waals surface area contributed by atoms with Crippen LogP contribution in [-0.4, -0.2) is 65.9 Å². The average Bonchev–Trinajstić information content (AvgIpc) is 3.42. The smallest absolute Gasteiger partial charge is 0.262 e. The molecule has 1 aromatic rings. The van der Waals surface area contributed by atoms with Gasteiger partial charge in [0.1, 0.15) is 6.04 Å². The Morgan fingerprint density at radius 3 is 2.77 bits per heavy atom. The van der Waals surface area contributed by atoms with Gasteiger partial charge in [0, 0.05) is 25.6 Å². The Bertz CT molecular complexity index is 939. The lowest BCUT2D eigenvalue weighted by molar-refractivity contribution is -0.136. The van der Waals surface area contributed by atoms with E-state index in [1.54, 1.807) is 12.1 Å². The molecule has 1 spiro atoms. The molecule has 4 heterocycles. The van der Waals surface area contributed by atoms with Crippen LogP contribution in [0, 0.1) is 0 Å². The maximum absolute atomic E-state index is 12.9. The third-order valence-corrected chi connectivity index (χ3v) is 6.51. The minimum absolute atomic E-state index is 0.0551. The molecule has 5 rings (SSSR count). The summed E-state index contributed by atoms with van der Waals surface area (Å²) in [6.45, 7) is 3.09. The van der Waals surface area contributed by atoms with Gasteiger partial charge in [-0.3, -0.25) is 29.4 Å². The van der Waals surface area contributed by atoms with E-state index in [-0.39, 0.29) is 30.4 Å². The van der Waals surface area contributed by atoms with Crippen molar-refractivity contribution in [2.24, 2.45) is 0 Å². The molecule has 1 aromatic carbocycles. The molecule has 3 N–H and O–H groups in total. The fourth-order valence-electron chi connectivity index (χ4n) is 4.88. The normalized spacial score (nSPS) is 31.0. The predicted molar refractivity (Wildman–Crippen MR) is 105 cm³/mol. The minimum Gasteiger partial charge on any atom is -0.372 e. The number of imide groups is 2. The molecular weight excluding hydrogens is 388 g/mol. The van der Waals surface area contributed by atoms with Gasteiger partial charge in [0.2, 0.25) is 11.8 Å². The Kier molecular flexibility index (Phi) is 4.68. The summed E-state index contributed by atoms with van der Waals surface area (Å²) in [5.41, 5.74) is 1.45. The molecule has 9 heteroatoms. The molecule has 30 heavy (non-hydrogen) atoms. The van der Waals surface area contributed by atoms with Crippen molar-refractivity contribution in [1.29, 1.82) is 0 Å². The Morgan fingerprint density at radius 1 is 1.17 bits per heavy atom. The van der Waals surface area contributed by atoms with Gasteiger partial charge in [-0.25, -0.2) is 0 Å². The number of nitrogens with one attached hydrogen (secondary N) is 3. The zero-order valence-corrected chi connectivity index (χ0v) is 16.5. The summed E-state index contributed by atoms with van der Waals surface area (Å²) in [5.74, 6) is -1.94. The summed E-state index contributed by atoms with van der Waals surface area (Å²) < 4.78 is 6.01. The van der Waals surface area contributed by atoms with Gasteiger partial charge in [-0.2, -0.15) is 0 Å². The molecule has 0 saturated carbocycles. The highest BCUT2D eigenvalue weighted by Gasteiger charge is 2.45. The summed E-state index contributed by atoms with van der Waals surface area (Å²) in [6, 6.07) is 4.50. The number of nitrogens with zero attached hydrogens (tertiary/aromatic N) is 1. The summed E-state index contributed by atoms with van der Waals surface area (Å²) in [6.07, 6.45) is 2.24. The standard InChI is InChI=1S/C21H24N4O5/c26-17-4-3-16(18(27)24-17)25-19(28)14-2-1-12(7-15(14)20(25)29)9-23-13-8-21(30-10-13)5-6-22-11-21/h1-2,7,13,16,22-23H,3-6,8-11H2,(H,24,26,27). The van der Waals surface area contributed by atoms with Crippen LogP contribution in [0.5, 0.6) is 0 Å². The number of carbonyl (C=O) groups is 4. The van der Waals surface area contributed by atoms with Crippen molar-refractivity contribution >= 4 is 23.6 Å². The van der Waals surface area contributed by atoms with E-state index in [0.717, 1.165) is 36.4 Å². The van der Waals surface area contributed by atoms with Crippen LogP contribution in [0.4, 0.5) is 0 Å². The molecule has 4 amide bonds. The van der Waals surface area contributed by atoms with Crippen LogP contribution in [0.3, 0.4) is 0 Å². The number of piperidine rings is 1. The number of hydrogen-bond acceptors (Lipinski definition) is 7. The van der Waals surface area contributed by atoms with Gasteiger partial charge in [-0.05, 0) is 43.5 Å². The highest BCUT2D eigenvalue weighted by molar-refractivity contribution is 6.23. The lowest BCUT2D eigenvalue weighted by Crippen LogP contribution is -2.54. The first-order valence-electron chi connectivity index (χ1n) is 10.4. The molecule has 3 unspecified atom stereocenters. The second-order valence-corrected chi connectivity index (χ2v) is 8.53. The monoisotopic (exact) mass is 412 g/mol. The second kappa shape index (κ2) is 7.26. The predicted octanol–water partition coefficient (Wildman–Crippen LogP) is -0.302. The van der Waals surface area contributed by atoms with Gasteiger partial charge in [-0.15, -0.1) is 0 Å². The van der Waals surface area contributed by atoms with E-state index in [9.17, 15) is 19.2 Å². The van der Waals surface area contributed by atoms with Crippen LogP contribution in [0.1, 0.15) is 52.0 Å². The van der Waals surface area contributed by atoms with Crippen LogP contribution >= 0.6 is 0 Å². The van der Waals surface area contributed by atoms with Crippen LogP contribution in [0.25, 0.3) is 0 Å². The average molecular weight is 412 g/mol. The SMILES string of the molecule is O=C1CCC(N2C(=O)c3ccc(CNC4COC5(CCNC5)C4)cc3C2=O)C(=O)N1. The van der Waals surface area contributed by atoms with Gasteiger partial charge in [0.05, 0.1) is 23.3 Å². The molecule has 3 saturated heterocycles. The number of amides is 4. The first-order chi connectivity index (χ1) is 14.5. The van der Waals surface area contributed by atoms with Crippen LogP contribution < -0.4 is 16.0 Å². The fraction of sp³-hybridized carbons (Fsp3) is 0.524. The fourth-order valence-corrected chi connectivity index (χ4v) is 4.88. The van der Waals surface area contributed by atoms with E-state index in [1.807, 2.05) is 6.07 Å². The van der Waals surface area contributed by atoms with Crippen molar-refractivity contribution in [1.82, 2.24) is 20.9 Å². The number of ether oxygens (including phenoxy) is 1. The lowest BCUT2D eigenvalue weighted by atomic mass is 9.97. The third kappa shape index (κ3) is 3.23. The molecule has 0 radical (unpaired) electrons. The van der Waals surface area contributed by atoms with Crippen molar-refractivity contribution in [2.75, 3.05) is 19.7 Å². The van der Waals surface area contributed by atoms with Gasteiger partial charge < -0.3 is 15.4 Å².